The third-order valence-electron chi connectivity index (χ3n) is 7.16. The number of sulfone groups is 1. The van der Waals surface area contributed by atoms with Crippen LogP contribution in [0.15, 0.2) is 28.7 Å². The molecule has 8 nitrogen and oxygen atoms in total. The first kappa shape index (κ1) is 27.1. The number of aromatic nitrogens is 1. The van der Waals surface area contributed by atoms with E-state index in [1.54, 1.807) is 6.92 Å². The van der Waals surface area contributed by atoms with Gasteiger partial charge in [-0.15, -0.1) is 0 Å². The molecular weight excluding hydrogens is 495 g/mol. The maximum atomic E-state index is 14.5. The van der Waals surface area contributed by atoms with E-state index in [9.17, 15) is 17.6 Å². The van der Waals surface area contributed by atoms with E-state index in [1.165, 1.54) is 0 Å². The van der Waals surface area contributed by atoms with Gasteiger partial charge >= 0.3 is 0 Å². The van der Waals surface area contributed by atoms with Crippen molar-refractivity contribution in [2.24, 2.45) is 5.92 Å². The summed E-state index contributed by atoms with van der Waals surface area (Å²) in [6.45, 7) is 8.49. The summed E-state index contributed by atoms with van der Waals surface area (Å²) >= 11 is 0. The average molecular weight is 531 g/mol. The largest absolute Gasteiger partial charge is 0.440 e. The van der Waals surface area contributed by atoms with Crippen LogP contribution in [-0.2, 0) is 20.0 Å². The van der Waals surface area contributed by atoms with E-state index in [0.29, 0.717) is 43.3 Å². The van der Waals surface area contributed by atoms with Crippen molar-refractivity contribution < 1.29 is 22.0 Å². The van der Waals surface area contributed by atoms with Crippen molar-refractivity contribution >= 4 is 21.4 Å². The van der Waals surface area contributed by atoms with Gasteiger partial charge in [0.05, 0.1) is 23.3 Å². The van der Waals surface area contributed by atoms with Gasteiger partial charge in [0.25, 0.3) is 0 Å². The lowest BCUT2D eigenvalue weighted by Gasteiger charge is -2.32. The normalized spacial score (nSPS) is 24.8. The summed E-state index contributed by atoms with van der Waals surface area (Å²) < 4.78 is 44.4. The van der Waals surface area contributed by atoms with Crippen LogP contribution >= 0.6 is 0 Å². The molecule has 1 N–H and O–H groups in total. The summed E-state index contributed by atoms with van der Waals surface area (Å²) in [6, 6.07) is 9.04. The smallest absolute Gasteiger partial charge is 0.224 e. The number of hydrogen-bond acceptors (Lipinski definition) is 7. The third kappa shape index (κ3) is 6.15. The maximum absolute atomic E-state index is 14.5. The van der Waals surface area contributed by atoms with Crippen molar-refractivity contribution in [1.29, 1.82) is 5.26 Å². The number of rotatable bonds is 5. The molecule has 1 saturated heterocycles. The van der Waals surface area contributed by atoms with E-state index >= 15 is 0 Å². The van der Waals surface area contributed by atoms with Crippen LogP contribution in [-0.4, -0.2) is 56.1 Å². The molecular formula is C27H35FN4O4S. The first-order valence-electron chi connectivity index (χ1n) is 12.8. The van der Waals surface area contributed by atoms with Gasteiger partial charge in [-0.1, -0.05) is 20.8 Å². The van der Waals surface area contributed by atoms with Crippen molar-refractivity contribution in [3.05, 3.63) is 35.9 Å². The highest BCUT2D eigenvalue weighted by atomic mass is 32.2. The van der Waals surface area contributed by atoms with Crippen LogP contribution in [0.2, 0.25) is 0 Å². The Balaban J connectivity index is 1.68. The molecule has 0 radical (unpaired) electrons. The molecule has 2 aromatic rings. The second-order valence-corrected chi connectivity index (χ2v) is 13.5. The minimum atomic E-state index is -2.97. The SMILES string of the molecule is CC(C#N)NC(=O)C1CC(F)CCC1c1nc(C(C)(C)C)oc1-c1ccc(N2CCS(=O)(=O)CC2)cc1. The van der Waals surface area contributed by atoms with E-state index in [-0.39, 0.29) is 35.2 Å². The number of hydrogen-bond donors (Lipinski definition) is 1. The van der Waals surface area contributed by atoms with Gasteiger partial charge in [0.15, 0.2) is 15.6 Å². The van der Waals surface area contributed by atoms with Gasteiger partial charge in [-0.3, -0.25) is 4.79 Å². The number of nitriles is 1. The number of amides is 1. The van der Waals surface area contributed by atoms with Crippen LogP contribution in [0.4, 0.5) is 10.1 Å². The standard InChI is InChI=1S/C27H35FN4O4S/c1-17(16-29)30-25(33)22-15-19(28)7-10-21(22)23-24(36-26(31-23)27(2,3)4)18-5-8-20(9-6-18)32-11-13-37(34,35)14-12-32/h5-6,8-9,17,19,21-22H,7,10-15H2,1-4H3,(H,30,33). The van der Waals surface area contributed by atoms with E-state index < -0.39 is 28.0 Å². The Labute approximate surface area is 218 Å². The Kier molecular flexibility index (Phi) is 7.65. The zero-order valence-electron chi connectivity index (χ0n) is 21.8. The summed E-state index contributed by atoms with van der Waals surface area (Å²) in [5, 5.41) is 11.8. The molecule has 4 atom stereocenters. The molecule has 0 spiro atoms. The molecule has 1 aliphatic heterocycles. The summed E-state index contributed by atoms with van der Waals surface area (Å²) in [6.07, 6.45) is -0.239. The zero-order valence-corrected chi connectivity index (χ0v) is 22.6. The molecule has 200 valence electrons. The van der Waals surface area contributed by atoms with Crippen LogP contribution in [0.25, 0.3) is 11.3 Å². The fourth-order valence-corrected chi connectivity index (χ4v) is 6.20. The van der Waals surface area contributed by atoms with Gasteiger partial charge in [-0.2, -0.15) is 5.26 Å². The van der Waals surface area contributed by atoms with E-state index in [1.807, 2.05) is 56.0 Å². The third-order valence-corrected chi connectivity index (χ3v) is 8.77. The van der Waals surface area contributed by atoms with Crippen LogP contribution < -0.4 is 10.2 Å². The number of nitrogens with zero attached hydrogens (tertiary/aromatic N) is 3. The highest BCUT2D eigenvalue weighted by Gasteiger charge is 2.40. The van der Waals surface area contributed by atoms with Gasteiger partial charge in [0.2, 0.25) is 11.8 Å². The molecule has 1 aromatic heterocycles. The fraction of sp³-hybridized carbons (Fsp3) is 0.593. The molecule has 4 unspecified atom stereocenters. The van der Waals surface area contributed by atoms with Crippen molar-refractivity contribution in [3.63, 3.8) is 0 Å². The van der Waals surface area contributed by atoms with Crippen LogP contribution in [0, 0.1) is 17.2 Å². The van der Waals surface area contributed by atoms with Crippen molar-refractivity contribution in [2.75, 3.05) is 29.5 Å². The maximum Gasteiger partial charge on any atom is 0.224 e. The van der Waals surface area contributed by atoms with Gasteiger partial charge in [-0.25, -0.2) is 17.8 Å². The van der Waals surface area contributed by atoms with E-state index in [0.717, 1.165) is 11.3 Å². The number of anilines is 1. The van der Waals surface area contributed by atoms with Crippen LogP contribution in [0.1, 0.15) is 64.5 Å². The number of oxazole rings is 1. The number of halogens is 1. The molecule has 1 saturated carbocycles. The lowest BCUT2D eigenvalue weighted by molar-refractivity contribution is -0.127. The molecule has 4 rings (SSSR count). The molecule has 1 aliphatic carbocycles. The molecule has 2 heterocycles. The summed E-state index contributed by atoms with van der Waals surface area (Å²) in [5.74, 6) is 0.0247. The molecule has 2 aliphatic rings. The number of benzene rings is 1. The van der Waals surface area contributed by atoms with Crippen molar-refractivity contribution in [2.45, 2.75) is 70.5 Å². The minimum absolute atomic E-state index is 0.0720. The fourth-order valence-electron chi connectivity index (χ4n) is 4.99. The molecule has 0 bridgehead atoms. The van der Waals surface area contributed by atoms with Gasteiger partial charge in [-0.05, 0) is 50.5 Å². The molecule has 2 fully saturated rings. The average Bonchev–Trinajstić information content (AvgIpc) is 3.30. The second-order valence-electron chi connectivity index (χ2n) is 11.2. The first-order chi connectivity index (χ1) is 17.4. The zero-order chi connectivity index (χ0) is 27.0. The quantitative estimate of drug-likeness (QED) is 0.618. The second kappa shape index (κ2) is 10.4. The lowest BCUT2D eigenvalue weighted by atomic mass is 9.75. The Hall–Kier alpha value is -2.93. The van der Waals surface area contributed by atoms with Crippen molar-refractivity contribution in [1.82, 2.24) is 10.3 Å². The number of carbonyl (C=O) groups excluding carboxylic acids is 1. The minimum Gasteiger partial charge on any atom is -0.440 e. The van der Waals surface area contributed by atoms with Crippen molar-refractivity contribution in [3.8, 4) is 17.4 Å². The Morgan fingerprint density at radius 2 is 1.86 bits per heavy atom. The van der Waals surface area contributed by atoms with Gasteiger partial charge < -0.3 is 14.6 Å². The lowest BCUT2D eigenvalue weighted by Crippen LogP contribution is -2.41. The number of carbonyl (C=O) groups is 1. The van der Waals surface area contributed by atoms with Crippen LogP contribution in [0.5, 0.6) is 0 Å². The highest BCUT2D eigenvalue weighted by molar-refractivity contribution is 7.91. The van der Waals surface area contributed by atoms with Gasteiger partial charge in [0, 0.05) is 41.6 Å². The number of nitrogens with one attached hydrogen (secondary N) is 1. The summed E-state index contributed by atoms with van der Waals surface area (Å²) in [4.78, 5) is 20.0. The Morgan fingerprint density at radius 3 is 2.46 bits per heavy atom. The topological polar surface area (TPSA) is 116 Å². The Morgan fingerprint density at radius 1 is 1.22 bits per heavy atom. The predicted octanol–water partition coefficient (Wildman–Crippen LogP) is 4.12. The monoisotopic (exact) mass is 530 g/mol. The summed E-state index contributed by atoms with van der Waals surface area (Å²) in [7, 11) is -2.97. The Bertz CT molecular complexity index is 1260. The molecule has 1 aromatic carbocycles. The number of alkyl halides is 1. The van der Waals surface area contributed by atoms with Crippen LogP contribution in [0.3, 0.4) is 0 Å². The molecule has 37 heavy (non-hydrogen) atoms. The van der Waals surface area contributed by atoms with E-state index in [4.69, 9.17) is 14.7 Å². The molecule has 10 heteroatoms. The summed E-state index contributed by atoms with van der Waals surface area (Å²) in [5.41, 5.74) is 1.98. The highest BCUT2D eigenvalue weighted by Crippen LogP contribution is 2.44. The predicted molar refractivity (Wildman–Crippen MR) is 140 cm³/mol. The van der Waals surface area contributed by atoms with E-state index in [2.05, 4.69) is 5.32 Å². The first-order valence-corrected chi connectivity index (χ1v) is 14.6. The van der Waals surface area contributed by atoms with Gasteiger partial charge in [0.1, 0.15) is 12.2 Å². The molecule has 1 amide bonds.